The van der Waals surface area contributed by atoms with Crippen LogP contribution < -0.4 is 0 Å². The molecule has 0 atom stereocenters. The van der Waals surface area contributed by atoms with E-state index < -0.39 is 0 Å². The third-order valence-corrected chi connectivity index (χ3v) is 6.31. The summed E-state index contributed by atoms with van der Waals surface area (Å²) >= 11 is 3.47. The van der Waals surface area contributed by atoms with Gasteiger partial charge in [0.1, 0.15) is 0 Å². The van der Waals surface area contributed by atoms with Crippen LogP contribution in [0.4, 0.5) is 0 Å². The number of carbonyl (C=O) groups is 1. The molecule has 0 unspecified atom stereocenters. The lowest BCUT2D eigenvalue weighted by Gasteiger charge is -2.34. The van der Waals surface area contributed by atoms with Gasteiger partial charge in [0.2, 0.25) is 0 Å². The summed E-state index contributed by atoms with van der Waals surface area (Å²) in [5, 5.41) is 2.13. The van der Waals surface area contributed by atoms with Gasteiger partial charge in [0.05, 0.1) is 4.88 Å². The van der Waals surface area contributed by atoms with Crippen molar-refractivity contribution in [1.29, 1.82) is 0 Å². The first-order valence-corrected chi connectivity index (χ1v) is 10.00. The summed E-state index contributed by atoms with van der Waals surface area (Å²) in [6.45, 7) is 8.94. The standard InChI is InChI=1S/C18H24N2OS2/c1-3-5-15-12-17(23-14(15)2)18(21)20-9-7-19(8-10-20)13-16-6-4-11-22-16/h4,6,11-12H,3,5,7-10,13H2,1-2H3. The van der Waals surface area contributed by atoms with Gasteiger partial charge in [0.15, 0.2) is 0 Å². The molecule has 0 aromatic carbocycles. The largest absolute Gasteiger partial charge is 0.335 e. The number of piperazine rings is 1. The Hall–Kier alpha value is -1.17. The maximum Gasteiger partial charge on any atom is 0.264 e. The summed E-state index contributed by atoms with van der Waals surface area (Å²) in [5.74, 6) is 0.219. The molecule has 1 aliphatic rings. The maximum absolute atomic E-state index is 12.7. The van der Waals surface area contributed by atoms with Gasteiger partial charge in [0, 0.05) is 42.5 Å². The highest BCUT2D eigenvalue weighted by atomic mass is 32.1. The second kappa shape index (κ2) is 7.60. The molecule has 1 aliphatic heterocycles. The molecule has 0 saturated carbocycles. The van der Waals surface area contributed by atoms with Crippen LogP contribution in [0.1, 0.15) is 38.3 Å². The van der Waals surface area contributed by atoms with Crippen LogP contribution in [0, 0.1) is 6.92 Å². The number of rotatable bonds is 5. The minimum atomic E-state index is 0.219. The fraction of sp³-hybridized carbons (Fsp3) is 0.500. The van der Waals surface area contributed by atoms with Gasteiger partial charge in [0.25, 0.3) is 5.91 Å². The molecule has 0 bridgehead atoms. The topological polar surface area (TPSA) is 23.6 Å². The zero-order chi connectivity index (χ0) is 16.2. The van der Waals surface area contributed by atoms with E-state index in [0.29, 0.717) is 0 Å². The Morgan fingerprint density at radius 2 is 2.04 bits per heavy atom. The highest BCUT2D eigenvalue weighted by molar-refractivity contribution is 7.14. The summed E-state index contributed by atoms with van der Waals surface area (Å²) in [6.07, 6.45) is 2.21. The predicted octanol–water partition coefficient (Wildman–Crippen LogP) is 4.03. The molecular formula is C18H24N2OS2. The molecule has 1 fully saturated rings. The summed E-state index contributed by atoms with van der Waals surface area (Å²) in [7, 11) is 0. The zero-order valence-corrected chi connectivity index (χ0v) is 15.5. The molecule has 0 spiro atoms. The van der Waals surface area contributed by atoms with Crippen LogP contribution in [-0.2, 0) is 13.0 Å². The summed E-state index contributed by atoms with van der Waals surface area (Å²) in [5.41, 5.74) is 1.34. The van der Waals surface area contributed by atoms with Gasteiger partial charge < -0.3 is 4.90 Å². The van der Waals surface area contributed by atoms with Crippen LogP contribution in [-0.4, -0.2) is 41.9 Å². The van der Waals surface area contributed by atoms with E-state index in [1.165, 1.54) is 15.3 Å². The van der Waals surface area contributed by atoms with Crippen molar-refractivity contribution in [2.45, 2.75) is 33.2 Å². The Labute approximate surface area is 146 Å². The van der Waals surface area contributed by atoms with Crippen LogP contribution >= 0.6 is 22.7 Å². The minimum Gasteiger partial charge on any atom is -0.335 e. The molecule has 1 amide bonds. The molecule has 3 heterocycles. The van der Waals surface area contributed by atoms with Crippen LogP contribution in [0.15, 0.2) is 23.6 Å². The van der Waals surface area contributed by atoms with Crippen molar-refractivity contribution in [3.8, 4) is 0 Å². The van der Waals surface area contributed by atoms with Crippen LogP contribution in [0.25, 0.3) is 0 Å². The minimum absolute atomic E-state index is 0.219. The molecule has 3 rings (SSSR count). The summed E-state index contributed by atoms with van der Waals surface area (Å²) < 4.78 is 0. The van der Waals surface area contributed by atoms with Gasteiger partial charge >= 0.3 is 0 Å². The third kappa shape index (κ3) is 4.03. The molecular weight excluding hydrogens is 324 g/mol. The molecule has 0 N–H and O–H groups in total. The Kier molecular flexibility index (Phi) is 5.51. The van der Waals surface area contributed by atoms with Crippen LogP contribution in [0.5, 0.6) is 0 Å². The Morgan fingerprint density at radius 1 is 1.26 bits per heavy atom. The van der Waals surface area contributed by atoms with E-state index in [0.717, 1.165) is 50.4 Å². The van der Waals surface area contributed by atoms with E-state index >= 15 is 0 Å². The molecule has 2 aromatic heterocycles. The average molecular weight is 349 g/mol. The molecule has 124 valence electrons. The van der Waals surface area contributed by atoms with Gasteiger partial charge in [-0.15, -0.1) is 22.7 Å². The first-order chi connectivity index (χ1) is 11.2. The Balaban J connectivity index is 1.56. The van der Waals surface area contributed by atoms with Crippen molar-refractivity contribution in [3.63, 3.8) is 0 Å². The van der Waals surface area contributed by atoms with E-state index in [2.05, 4.69) is 42.3 Å². The molecule has 0 radical (unpaired) electrons. The van der Waals surface area contributed by atoms with E-state index in [1.54, 1.807) is 11.3 Å². The molecule has 5 heteroatoms. The first-order valence-electron chi connectivity index (χ1n) is 8.30. The van der Waals surface area contributed by atoms with Crippen molar-refractivity contribution in [2.24, 2.45) is 0 Å². The highest BCUT2D eigenvalue weighted by Crippen LogP contribution is 2.24. The number of amides is 1. The predicted molar refractivity (Wildman–Crippen MR) is 98.6 cm³/mol. The number of hydrogen-bond donors (Lipinski definition) is 0. The van der Waals surface area contributed by atoms with Crippen molar-refractivity contribution in [2.75, 3.05) is 26.2 Å². The van der Waals surface area contributed by atoms with E-state index in [1.807, 2.05) is 16.2 Å². The first kappa shape index (κ1) is 16.7. The molecule has 0 aliphatic carbocycles. The van der Waals surface area contributed by atoms with Gasteiger partial charge in [-0.05, 0) is 36.4 Å². The lowest BCUT2D eigenvalue weighted by atomic mass is 10.1. The van der Waals surface area contributed by atoms with Gasteiger partial charge in [-0.1, -0.05) is 19.4 Å². The number of thiophene rings is 2. The van der Waals surface area contributed by atoms with Crippen molar-refractivity contribution >= 4 is 28.6 Å². The number of carbonyl (C=O) groups excluding carboxylic acids is 1. The average Bonchev–Trinajstić information content (AvgIpc) is 3.18. The fourth-order valence-electron chi connectivity index (χ4n) is 3.03. The maximum atomic E-state index is 12.7. The second-order valence-corrected chi connectivity index (χ2v) is 8.38. The quantitative estimate of drug-likeness (QED) is 0.814. The Bertz CT molecular complexity index is 640. The van der Waals surface area contributed by atoms with E-state index in [9.17, 15) is 4.79 Å². The van der Waals surface area contributed by atoms with Crippen molar-refractivity contribution in [1.82, 2.24) is 9.80 Å². The molecule has 2 aromatic rings. The zero-order valence-electron chi connectivity index (χ0n) is 13.9. The van der Waals surface area contributed by atoms with Crippen LogP contribution in [0.2, 0.25) is 0 Å². The third-order valence-electron chi connectivity index (χ3n) is 4.37. The SMILES string of the molecule is CCCc1cc(C(=O)N2CCN(Cc3cccs3)CC2)sc1C. The fourth-order valence-corrected chi connectivity index (χ4v) is 4.82. The van der Waals surface area contributed by atoms with Crippen LogP contribution in [0.3, 0.4) is 0 Å². The second-order valence-electron chi connectivity index (χ2n) is 6.09. The van der Waals surface area contributed by atoms with Gasteiger partial charge in [-0.3, -0.25) is 9.69 Å². The number of hydrogen-bond acceptors (Lipinski definition) is 4. The number of nitrogens with zero attached hydrogens (tertiary/aromatic N) is 2. The molecule has 3 nitrogen and oxygen atoms in total. The van der Waals surface area contributed by atoms with E-state index in [4.69, 9.17) is 0 Å². The lowest BCUT2D eigenvalue weighted by Crippen LogP contribution is -2.48. The highest BCUT2D eigenvalue weighted by Gasteiger charge is 2.24. The summed E-state index contributed by atoms with van der Waals surface area (Å²) in [6, 6.07) is 6.41. The van der Waals surface area contributed by atoms with Crippen molar-refractivity contribution < 1.29 is 4.79 Å². The lowest BCUT2D eigenvalue weighted by molar-refractivity contribution is 0.0634. The summed E-state index contributed by atoms with van der Waals surface area (Å²) in [4.78, 5) is 20.8. The smallest absolute Gasteiger partial charge is 0.264 e. The molecule has 1 saturated heterocycles. The van der Waals surface area contributed by atoms with Gasteiger partial charge in [-0.25, -0.2) is 0 Å². The van der Waals surface area contributed by atoms with Gasteiger partial charge in [-0.2, -0.15) is 0 Å². The normalized spacial score (nSPS) is 16.0. The Morgan fingerprint density at radius 3 is 2.70 bits per heavy atom. The monoisotopic (exact) mass is 348 g/mol. The number of aryl methyl sites for hydroxylation is 2. The molecule has 23 heavy (non-hydrogen) atoms. The van der Waals surface area contributed by atoms with Crippen molar-refractivity contribution in [3.05, 3.63) is 43.8 Å². The van der Waals surface area contributed by atoms with E-state index in [-0.39, 0.29) is 5.91 Å².